The van der Waals surface area contributed by atoms with Crippen LogP contribution in [0.2, 0.25) is 0 Å². The number of nitrogens with one attached hydrogen (secondary N) is 3. The summed E-state index contributed by atoms with van der Waals surface area (Å²) in [6, 6.07) is 12.7. The van der Waals surface area contributed by atoms with Gasteiger partial charge in [0.1, 0.15) is 5.60 Å². The molecule has 1 aliphatic heterocycles. The summed E-state index contributed by atoms with van der Waals surface area (Å²) in [5, 5.41) is 43.5. The Labute approximate surface area is 383 Å². The van der Waals surface area contributed by atoms with Crippen LogP contribution in [0.25, 0.3) is 0 Å². The van der Waals surface area contributed by atoms with Crippen LogP contribution in [0.1, 0.15) is 153 Å². The fraction of sp³-hybridized carbons (Fsp3) is 0.660. The fourth-order valence-electron chi connectivity index (χ4n) is 11.7. The highest BCUT2D eigenvalue weighted by Crippen LogP contribution is 2.54. The van der Waals surface area contributed by atoms with E-state index in [0.29, 0.717) is 62.0 Å². The van der Waals surface area contributed by atoms with Gasteiger partial charge in [-0.25, -0.2) is 0 Å². The number of unbranched alkanes of at least 4 members (excludes halogenated alkanes) is 5. The molecule has 6 N–H and O–H groups in total. The number of ketones is 1. The third-order valence-corrected chi connectivity index (χ3v) is 15.1. The van der Waals surface area contributed by atoms with Crippen LogP contribution in [-0.2, 0) is 21.4 Å². The number of ether oxygens (including phenoxy) is 3. The van der Waals surface area contributed by atoms with E-state index < -0.39 is 17.3 Å². The molecule has 3 aliphatic carbocycles. The third-order valence-electron chi connectivity index (χ3n) is 15.1. The van der Waals surface area contributed by atoms with E-state index in [0.717, 1.165) is 114 Å². The number of nitrogens with zero attached hydrogens (tertiary/aromatic N) is 1. The maximum atomic E-state index is 15.1. The summed E-state index contributed by atoms with van der Waals surface area (Å²) in [5.74, 6) is 5.09. The van der Waals surface area contributed by atoms with Crippen LogP contribution >= 0.6 is 0 Å². The van der Waals surface area contributed by atoms with E-state index >= 15 is 4.79 Å². The number of aliphatic hydroxyl groups excluding tert-OH is 1. The van der Waals surface area contributed by atoms with Crippen LogP contribution in [-0.4, -0.2) is 73.3 Å². The second-order valence-electron chi connectivity index (χ2n) is 19.4. The predicted octanol–water partition coefficient (Wildman–Crippen LogP) is 10.1. The van der Waals surface area contributed by atoms with E-state index in [9.17, 15) is 15.3 Å². The van der Waals surface area contributed by atoms with Crippen molar-refractivity contribution in [2.24, 2.45) is 28.2 Å². The summed E-state index contributed by atoms with van der Waals surface area (Å²) >= 11 is 0. The first kappa shape index (κ1) is 49.2. The van der Waals surface area contributed by atoms with Crippen molar-refractivity contribution >= 4 is 17.4 Å². The molecule has 64 heavy (non-hydrogen) atoms. The first-order valence-corrected chi connectivity index (χ1v) is 24.6. The number of likely N-dealkylation sites (N-methyl/N-ethyl adjacent to an activating group) is 1. The molecule has 6 atom stereocenters. The lowest BCUT2D eigenvalue weighted by Gasteiger charge is -2.39. The first-order chi connectivity index (χ1) is 31.0. The molecule has 2 bridgehead atoms. The van der Waals surface area contributed by atoms with E-state index in [1.54, 1.807) is 20.2 Å². The van der Waals surface area contributed by atoms with E-state index in [1.165, 1.54) is 6.42 Å². The molecule has 0 radical (unpaired) electrons. The van der Waals surface area contributed by atoms with Gasteiger partial charge in [0.05, 0.1) is 12.8 Å². The standard InChI is InChI=1S/C53H78N4O7/c1-6-8-10-14-30-63-48(60)32-39-24-28-51(35-39,37-54-3)64-46-34-42-33-43(49(46)61)57-50(55-4)56-29-16-19-40-18-15-27-53(40,36-38-20-22-44(58)45(31-38)62-5)47(59)23-21-41(17-11-9-7-2)52(42)25-12-13-26-52/h20-23,31,33-34,39-41,48,54,58,60-61H,6-15,17-19,24-28,30,32,35-37H2,1-5H3,(H2,55,56,57)/b23-21+/t39-,40-,41-,48-,51+,53+/m0/s1. The number of phenols is 2. The number of allylic oxidation sites excluding steroid dienone is 2. The van der Waals surface area contributed by atoms with Crippen LogP contribution in [0.4, 0.5) is 5.69 Å². The van der Waals surface area contributed by atoms with Crippen molar-refractivity contribution in [1.82, 2.24) is 10.6 Å². The number of fused-ring (bicyclic) bond motifs is 4. The molecule has 0 amide bonds. The predicted molar refractivity (Wildman–Crippen MR) is 256 cm³/mol. The van der Waals surface area contributed by atoms with E-state index in [1.807, 2.05) is 25.3 Å². The van der Waals surface area contributed by atoms with Gasteiger partial charge in [0.15, 0.2) is 35.1 Å². The largest absolute Gasteiger partial charge is 0.504 e. The molecule has 3 saturated carbocycles. The monoisotopic (exact) mass is 883 g/mol. The van der Waals surface area contributed by atoms with Gasteiger partial charge >= 0.3 is 0 Å². The Bertz CT molecular complexity index is 1970. The van der Waals surface area contributed by atoms with Crippen LogP contribution < -0.4 is 25.4 Å². The highest BCUT2D eigenvalue weighted by Gasteiger charge is 2.49. The number of carbonyl (C=O) groups is 1. The van der Waals surface area contributed by atoms with Gasteiger partial charge in [0, 0.05) is 49.9 Å². The van der Waals surface area contributed by atoms with Crippen molar-refractivity contribution in [3.8, 4) is 35.0 Å². The van der Waals surface area contributed by atoms with Gasteiger partial charge in [-0.05, 0) is 130 Å². The van der Waals surface area contributed by atoms with Crippen molar-refractivity contribution < 1.29 is 34.3 Å². The van der Waals surface area contributed by atoms with Gasteiger partial charge in [0.2, 0.25) is 5.96 Å². The lowest BCUT2D eigenvalue weighted by molar-refractivity contribution is -0.125. The number of phenolic OH excluding ortho intramolecular Hbond substituents is 2. The van der Waals surface area contributed by atoms with E-state index in [2.05, 4.69) is 65.0 Å². The number of aromatic hydroxyl groups is 2. The minimum Gasteiger partial charge on any atom is -0.504 e. The molecule has 0 unspecified atom stereocenters. The SMILES string of the molecule is CCCCCCO[C@H](O)C[C@@H]1CC[C@@](CNC)(Oc2cc3cc(c2O)NC(=NC)NC#CC[C@@H]2CCC[C@]2(Cc2ccc(O)c(OC)c2)C(=O)/C=C/[C@H](CCCCC)C32CCCC2)C1. The maximum Gasteiger partial charge on any atom is 0.207 e. The molecule has 0 aromatic heterocycles. The molecule has 0 saturated heterocycles. The summed E-state index contributed by atoms with van der Waals surface area (Å²) in [7, 11) is 5.18. The van der Waals surface area contributed by atoms with Gasteiger partial charge in [-0.3, -0.25) is 15.1 Å². The number of guanidine groups is 1. The summed E-state index contributed by atoms with van der Waals surface area (Å²) in [4.78, 5) is 19.6. The number of carbonyl (C=O) groups excluding carboxylic acids is 1. The van der Waals surface area contributed by atoms with Gasteiger partial charge in [-0.15, -0.1) is 0 Å². The van der Waals surface area contributed by atoms with Crippen LogP contribution in [0.3, 0.4) is 0 Å². The molecule has 1 spiro atoms. The smallest absolute Gasteiger partial charge is 0.207 e. The maximum absolute atomic E-state index is 15.1. The average Bonchev–Trinajstić information content (AvgIpc) is 4.05. The normalized spacial score (nSPS) is 27.1. The molecule has 352 valence electrons. The molecule has 2 aromatic carbocycles. The number of aliphatic imine (C=N–C) groups is 1. The lowest BCUT2D eigenvalue weighted by Crippen LogP contribution is -2.43. The molecule has 11 heteroatoms. The van der Waals surface area contributed by atoms with Gasteiger partial charge in [-0.1, -0.05) is 89.7 Å². The highest BCUT2D eigenvalue weighted by molar-refractivity contribution is 5.97. The van der Waals surface area contributed by atoms with Crippen molar-refractivity contribution in [1.29, 1.82) is 0 Å². The van der Waals surface area contributed by atoms with Crippen LogP contribution in [0.15, 0.2) is 47.5 Å². The number of aliphatic hydroxyl groups is 1. The number of anilines is 1. The highest BCUT2D eigenvalue weighted by atomic mass is 16.6. The zero-order valence-corrected chi connectivity index (χ0v) is 39.5. The number of methoxy groups -OCH3 is 1. The molecule has 3 fully saturated rings. The quantitative estimate of drug-likeness (QED) is 0.0348. The van der Waals surface area contributed by atoms with Crippen molar-refractivity contribution in [3.63, 3.8) is 0 Å². The molecule has 1 heterocycles. The fourth-order valence-corrected chi connectivity index (χ4v) is 11.7. The minimum absolute atomic E-state index is 0.0122. The third kappa shape index (κ3) is 11.8. The van der Waals surface area contributed by atoms with Gasteiger partial charge < -0.3 is 40.2 Å². The van der Waals surface area contributed by atoms with Crippen molar-refractivity contribution in [2.75, 3.05) is 39.7 Å². The Morgan fingerprint density at radius 1 is 0.969 bits per heavy atom. The number of benzene rings is 2. The first-order valence-electron chi connectivity index (χ1n) is 24.6. The summed E-state index contributed by atoms with van der Waals surface area (Å²) < 4.78 is 18.5. The number of hydrogen-bond acceptors (Lipinski definition) is 9. The molecular weight excluding hydrogens is 805 g/mol. The second-order valence-corrected chi connectivity index (χ2v) is 19.4. The van der Waals surface area contributed by atoms with Gasteiger partial charge in [0.25, 0.3) is 0 Å². The summed E-state index contributed by atoms with van der Waals surface area (Å²) in [6.07, 6.45) is 22.5. The van der Waals surface area contributed by atoms with Crippen molar-refractivity contribution in [3.05, 3.63) is 53.6 Å². The Kier molecular flexibility index (Phi) is 17.9. The minimum atomic E-state index is -0.815. The van der Waals surface area contributed by atoms with Crippen molar-refractivity contribution in [2.45, 2.75) is 166 Å². The molecule has 6 rings (SSSR count). The summed E-state index contributed by atoms with van der Waals surface area (Å²) in [5.41, 5.74) is 0.952. The molecule has 4 aliphatic rings. The average molecular weight is 883 g/mol. The zero-order chi connectivity index (χ0) is 45.6. The van der Waals surface area contributed by atoms with E-state index in [4.69, 9.17) is 14.2 Å². The number of rotatable bonds is 19. The van der Waals surface area contributed by atoms with E-state index in [-0.39, 0.29) is 40.5 Å². The van der Waals surface area contributed by atoms with Gasteiger partial charge in [-0.2, -0.15) is 0 Å². The lowest BCUT2D eigenvalue weighted by atomic mass is 9.65. The zero-order valence-electron chi connectivity index (χ0n) is 39.5. The summed E-state index contributed by atoms with van der Waals surface area (Å²) in [6.45, 7) is 5.56. The molecule has 2 aromatic rings. The topological polar surface area (TPSA) is 154 Å². The Morgan fingerprint density at radius 3 is 2.52 bits per heavy atom. The van der Waals surface area contributed by atoms with Crippen LogP contribution in [0.5, 0.6) is 23.0 Å². The Balaban J connectivity index is 1.39. The molecular formula is C53H78N4O7. The Hall–Kier alpha value is -4.24. The van der Waals surface area contributed by atoms with Crippen LogP contribution in [0, 0.1) is 35.1 Å². The Morgan fingerprint density at radius 2 is 1.77 bits per heavy atom. The number of hydrogen-bond donors (Lipinski definition) is 6. The molecule has 11 nitrogen and oxygen atoms in total. The second kappa shape index (κ2) is 23.3.